The summed E-state index contributed by atoms with van der Waals surface area (Å²) >= 11 is -0.458. The number of rotatable bonds is 7. The van der Waals surface area contributed by atoms with Gasteiger partial charge in [0.15, 0.2) is 11.5 Å². The molecule has 0 amide bonds. The van der Waals surface area contributed by atoms with E-state index in [2.05, 4.69) is 0 Å². The van der Waals surface area contributed by atoms with Gasteiger partial charge in [-0.05, 0) is 50.5 Å². The zero-order valence-corrected chi connectivity index (χ0v) is 22.4. The van der Waals surface area contributed by atoms with Gasteiger partial charge >= 0.3 is 33.3 Å². The first-order chi connectivity index (χ1) is 15.9. The predicted molar refractivity (Wildman–Crippen MR) is 119 cm³/mol. The fraction of sp³-hybridized carbons (Fsp3) is 0.440. The molecular weight excluding hydrogens is 555 g/mol. The van der Waals surface area contributed by atoms with Gasteiger partial charge in [-0.25, -0.2) is 4.79 Å². The van der Waals surface area contributed by atoms with Crippen molar-refractivity contribution in [3.8, 4) is 23.0 Å². The van der Waals surface area contributed by atoms with Crippen LogP contribution in [0.1, 0.15) is 48.0 Å². The third-order valence-electron chi connectivity index (χ3n) is 4.14. The molecule has 2 aromatic carbocycles. The molecule has 8 nitrogen and oxygen atoms in total. The van der Waals surface area contributed by atoms with Crippen molar-refractivity contribution in [3.05, 3.63) is 43.5 Å². The highest BCUT2D eigenvalue weighted by Gasteiger charge is 2.32. The lowest BCUT2D eigenvalue weighted by molar-refractivity contribution is -0.602. The fourth-order valence-electron chi connectivity index (χ4n) is 2.76. The van der Waals surface area contributed by atoms with Gasteiger partial charge in [-0.3, -0.25) is 4.79 Å². The quantitative estimate of drug-likeness (QED) is 0.238. The Kier molecular flexibility index (Phi) is 8.17. The summed E-state index contributed by atoms with van der Waals surface area (Å²) in [5.41, 5.74) is -0.775. The molecule has 184 valence electrons. The van der Waals surface area contributed by atoms with E-state index in [1.54, 1.807) is 32.9 Å². The molecule has 9 heteroatoms. The maximum absolute atomic E-state index is 11.9. The Morgan fingerprint density at radius 2 is 1.35 bits per heavy atom. The van der Waals surface area contributed by atoms with E-state index in [1.807, 2.05) is 45.0 Å². The second-order valence-electron chi connectivity index (χ2n) is 9.77. The Hall–Kier alpha value is -2.69. The van der Waals surface area contributed by atoms with Crippen LogP contribution in [0, 0.1) is 12.6 Å². The second-order valence-corrected chi connectivity index (χ2v) is 12.6. The van der Waals surface area contributed by atoms with Crippen molar-refractivity contribution in [2.24, 2.45) is 5.41 Å². The van der Waals surface area contributed by atoms with Crippen molar-refractivity contribution in [2.45, 2.75) is 53.6 Å². The average Bonchev–Trinajstić information content (AvgIpc) is 2.69. The molecule has 3 rings (SSSR count). The molecule has 0 bridgehead atoms. The minimum Gasteiger partial charge on any atom is -0.457 e. The van der Waals surface area contributed by atoms with Crippen LogP contribution in [0.15, 0.2) is 36.4 Å². The molecule has 1 heterocycles. The smallest absolute Gasteiger partial charge is 0.457 e. The summed E-state index contributed by atoms with van der Waals surface area (Å²) in [5.74, 6) is 2.13. The Labute approximate surface area is 210 Å². The van der Waals surface area contributed by atoms with Gasteiger partial charge in [0.05, 0.1) is 6.42 Å². The molecule has 34 heavy (non-hydrogen) atoms. The van der Waals surface area contributed by atoms with E-state index < -0.39 is 33.0 Å². The number of esters is 1. The van der Waals surface area contributed by atoms with E-state index in [0.29, 0.717) is 29.4 Å². The van der Waals surface area contributed by atoms with Crippen LogP contribution in [0.4, 0.5) is 4.79 Å². The highest BCUT2D eigenvalue weighted by atomic mass is 127. The third kappa shape index (κ3) is 8.27. The van der Waals surface area contributed by atoms with Crippen LogP contribution in [-0.4, -0.2) is 31.3 Å². The lowest BCUT2D eigenvalue weighted by Crippen LogP contribution is -3.61. The molecule has 0 N–H and O–H groups in total. The molecule has 0 radical (unpaired) electrons. The number of carbonyl (C=O) groups is 2. The number of fused-ring (bicyclic) bond motifs is 2. The van der Waals surface area contributed by atoms with Gasteiger partial charge < -0.3 is 28.4 Å². The summed E-state index contributed by atoms with van der Waals surface area (Å²) in [4.78, 5) is 23.5. The van der Waals surface area contributed by atoms with Crippen LogP contribution in [-0.2, 0) is 19.0 Å². The van der Waals surface area contributed by atoms with Crippen LogP contribution in [0.25, 0.3) is 0 Å². The first-order valence-electron chi connectivity index (χ1n) is 10.8. The zero-order valence-electron chi connectivity index (χ0n) is 20.2. The minimum absolute atomic E-state index is 0.141. The Balaban J connectivity index is 1.54. The first kappa shape index (κ1) is 25.9. The van der Waals surface area contributed by atoms with E-state index in [1.165, 1.54) is 0 Å². The van der Waals surface area contributed by atoms with E-state index >= 15 is 0 Å². The Morgan fingerprint density at radius 3 is 1.85 bits per heavy atom. The Morgan fingerprint density at radius 1 is 0.824 bits per heavy atom. The number of hydrogen-bond acceptors (Lipinski definition) is 8. The number of carbonyl (C=O) groups excluding carboxylic acids is 2. The molecule has 1 aliphatic rings. The molecule has 0 aliphatic carbocycles. The standard InChI is InChI=1S/C25H30IO8/c1-24(2,3)13-22(27)31-14-29-16-7-9-18-20(11-16)33-21-12-17(8-10-19(21)26-18)30-15-32-23(28)34-25(4,5)6/h7-12H,13-15H2,1-6H3/q+1. The van der Waals surface area contributed by atoms with Gasteiger partial charge in [-0.2, -0.15) is 0 Å². The van der Waals surface area contributed by atoms with Gasteiger partial charge in [0.1, 0.15) is 17.1 Å². The highest BCUT2D eigenvalue weighted by molar-refractivity contribution is 5.70. The average molecular weight is 585 g/mol. The van der Waals surface area contributed by atoms with Gasteiger partial charge in [0, 0.05) is 12.1 Å². The van der Waals surface area contributed by atoms with E-state index in [0.717, 1.165) is 7.14 Å². The van der Waals surface area contributed by atoms with Crippen molar-refractivity contribution >= 4 is 12.1 Å². The summed E-state index contributed by atoms with van der Waals surface area (Å²) in [7, 11) is 0. The number of halogens is 1. The van der Waals surface area contributed by atoms with Gasteiger partial charge in [-0.1, -0.05) is 20.8 Å². The summed E-state index contributed by atoms with van der Waals surface area (Å²) in [6, 6.07) is 11.1. The van der Waals surface area contributed by atoms with Gasteiger partial charge in [0.2, 0.25) is 20.7 Å². The third-order valence-corrected chi connectivity index (χ3v) is 7.09. The Bertz CT molecular complexity index is 955. The lowest BCUT2D eigenvalue weighted by Gasteiger charge is -2.19. The predicted octanol–water partition coefficient (Wildman–Crippen LogP) is 2.52. The van der Waals surface area contributed by atoms with Crippen LogP contribution in [0.3, 0.4) is 0 Å². The van der Waals surface area contributed by atoms with Crippen LogP contribution >= 0.6 is 0 Å². The van der Waals surface area contributed by atoms with Gasteiger partial charge in [0.25, 0.3) is 0 Å². The first-order valence-corrected chi connectivity index (χ1v) is 12.9. The summed E-state index contributed by atoms with van der Waals surface area (Å²) in [6.45, 7) is 10.8. The molecule has 2 aromatic rings. The number of benzene rings is 2. The number of hydrogen-bond donors (Lipinski definition) is 0. The molecule has 0 aromatic heterocycles. The highest BCUT2D eigenvalue weighted by Crippen LogP contribution is 2.30. The second kappa shape index (κ2) is 10.7. The lowest BCUT2D eigenvalue weighted by atomic mass is 9.93. The van der Waals surface area contributed by atoms with E-state index in [4.69, 9.17) is 28.4 Å². The van der Waals surface area contributed by atoms with E-state index in [-0.39, 0.29) is 25.0 Å². The minimum atomic E-state index is -0.793. The van der Waals surface area contributed by atoms with Crippen molar-refractivity contribution in [1.29, 1.82) is 0 Å². The van der Waals surface area contributed by atoms with Crippen LogP contribution in [0.5, 0.6) is 23.0 Å². The molecule has 1 aliphatic heterocycles. The molecule has 0 saturated heterocycles. The SMILES string of the molecule is CC(C)(C)CC(=O)OCOc1ccc2c(c1)Oc1cc(OCOC(=O)OC(C)(C)C)ccc1[I+]2. The molecule has 0 saturated carbocycles. The topological polar surface area (TPSA) is 89.5 Å². The maximum Gasteiger partial charge on any atom is 0.511 e. The normalized spacial score (nSPS) is 12.5. The summed E-state index contributed by atoms with van der Waals surface area (Å²) < 4.78 is 34.6. The van der Waals surface area contributed by atoms with Crippen molar-refractivity contribution in [2.75, 3.05) is 13.6 Å². The fourth-order valence-corrected chi connectivity index (χ4v) is 5.17. The van der Waals surface area contributed by atoms with Crippen LogP contribution in [0.2, 0.25) is 0 Å². The summed E-state index contributed by atoms with van der Waals surface area (Å²) in [5, 5.41) is 0. The maximum atomic E-state index is 11.9. The van der Waals surface area contributed by atoms with Crippen molar-refractivity contribution in [3.63, 3.8) is 0 Å². The molecular formula is C25H30IO8+. The van der Waals surface area contributed by atoms with Crippen molar-refractivity contribution in [1.82, 2.24) is 0 Å². The number of ether oxygens (including phenoxy) is 6. The zero-order chi connectivity index (χ0) is 24.9. The van der Waals surface area contributed by atoms with Crippen LogP contribution < -0.4 is 35.4 Å². The molecule has 0 atom stereocenters. The van der Waals surface area contributed by atoms with E-state index in [9.17, 15) is 9.59 Å². The molecule has 0 unspecified atom stereocenters. The molecule has 0 fully saturated rings. The monoisotopic (exact) mass is 585 g/mol. The summed E-state index contributed by atoms with van der Waals surface area (Å²) in [6.07, 6.45) is -0.476. The largest absolute Gasteiger partial charge is 0.511 e. The van der Waals surface area contributed by atoms with Crippen molar-refractivity contribution < 1.29 is 59.2 Å². The van der Waals surface area contributed by atoms with Gasteiger partial charge in [-0.15, -0.1) is 0 Å². The molecule has 0 spiro atoms.